The van der Waals surface area contributed by atoms with Gasteiger partial charge in [-0.2, -0.15) is 0 Å². The summed E-state index contributed by atoms with van der Waals surface area (Å²) in [5, 5.41) is 10.1. The minimum atomic E-state index is -0.188. The van der Waals surface area contributed by atoms with Crippen molar-refractivity contribution in [2.45, 2.75) is 52.6 Å². The van der Waals surface area contributed by atoms with Crippen molar-refractivity contribution in [1.82, 2.24) is 0 Å². The quantitative estimate of drug-likeness (QED) is 0.668. The molecule has 0 aromatic carbocycles. The highest BCUT2D eigenvalue weighted by molar-refractivity contribution is 5.27. The number of rotatable bonds is 1. The first-order valence-electron chi connectivity index (χ1n) is 6.49. The lowest BCUT2D eigenvalue weighted by molar-refractivity contribution is 0.0658. The lowest BCUT2D eigenvalue weighted by Gasteiger charge is -2.49. The van der Waals surface area contributed by atoms with E-state index < -0.39 is 0 Å². The van der Waals surface area contributed by atoms with Crippen LogP contribution in [0.15, 0.2) is 23.8 Å². The molecule has 2 aliphatic carbocycles. The van der Waals surface area contributed by atoms with Crippen LogP contribution in [0.3, 0.4) is 0 Å². The first kappa shape index (κ1) is 11.9. The zero-order valence-corrected chi connectivity index (χ0v) is 10.8. The Morgan fingerprint density at radius 2 is 2.19 bits per heavy atom. The van der Waals surface area contributed by atoms with E-state index in [4.69, 9.17) is 0 Å². The molecular formula is C15H24O. The van der Waals surface area contributed by atoms with E-state index >= 15 is 0 Å². The van der Waals surface area contributed by atoms with Crippen LogP contribution >= 0.6 is 0 Å². The molecule has 0 aromatic rings. The molecule has 1 fully saturated rings. The summed E-state index contributed by atoms with van der Waals surface area (Å²) in [4.78, 5) is 0. The Balaban J connectivity index is 2.32. The van der Waals surface area contributed by atoms with Crippen LogP contribution in [-0.2, 0) is 0 Å². The van der Waals surface area contributed by atoms with E-state index in [-0.39, 0.29) is 11.5 Å². The first-order chi connectivity index (χ1) is 7.45. The molecule has 1 saturated carbocycles. The molecule has 0 bridgehead atoms. The number of fused-ring (bicyclic) bond motifs is 1. The first-order valence-corrected chi connectivity index (χ1v) is 6.49. The Morgan fingerprint density at radius 3 is 2.81 bits per heavy atom. The lowest BCUT2D eigenvalue weighted by atomic mass is 9.57. The van der Waals surface area contributed by atoms with Crippen LogP contribution in [0.25, 0.3) is 0 Å². The average Bonchev–Trinajstić information content (AvgIpc) is 2.23. The van der Waals surface area contributed by atoms with Crippen LogP contribution in [0.2, 0.25) is 0 Å². The highest BCUT2D eigenvalue weighted by atomic mass is 16.3. The van der Waals surface area contributed by atoms with Crippen molar-refractivity contribution in [1.29, 1.82) is 0 Å². The maximum absolute atomic E-state index is 10.1. The molecule has 4 atom stereocenters. The number of hydrogen-bond donors (Lipinski definition) is 1. The second kappa shape index (κ2) is 4.03. The van der Waals surface area contributed by atoms with Gasteiger partial charge in [0.15, 0.2) is 0 Å². The molecule has 0 radical (unpaired) electrons. The topological polar surface area (TPSA) is 20.2 Å². The summed E-state index contributed by atoms with van der Waals surface area (Å²) < 4.78 is 0. The highest BCUT2D eigenvalue weighted by Crippen LogP contribution is 2.52. The minimum absolute atomic E-state index is 0.188. The molecule has 0 aromatic heterocycles. The predicted molar refractivity (Wildman–Crippen MR) is 68.1 cm³/mol. The van der Waals surface area contributed by atoms with E-state index in [2.05, 4.69) is 33.4 Å². The zero-order valence-electron chi connectivity index (χ0n) is 10.8. The van der Waals surface area contributed by atoms with Crippen LogP contribution in [0.5, 0.6) is 0 Å². The highest BCUT2D eigenvalue weighted by Gasteiger charge is 2.44. The van der Waals surface area contributed by atoms with Crippen molar-refractivity contribution in [2.75, 3.05) is 0 Å². The molecule has 16 heavy (non-hydrogen) atoms. The fraction of sp³-hybridized carbons (Fsp3) is 0.733. The van der Waals surface area contributed by atoms with E-state index in [0.29, 0.717) is 11.8 Å². The van der Waals surface area contributed by atoms with Crippen LogP contribution in [0.4, 0.5) is 0 Å². The second-order valence-corrected chi connectivity index (χ2v) is 6.05. The largest absolute Gasteiger partial charge is 0.389 e. The smallest absolute Gasteiger partial charge is 0.0755 e. The van der Waals surface area contributed by atoms with Gasteiger partial charge in [-0.1, -0.05) is 32.1 Å². The number of hydrogen-bond acceptors (Lipinski definition) is 1. The molecule has 1 nitrogen and oxygen atoms in total. The predicted octanol–water partition coefficient (Wildman–Crippen LogP) is 3.70. The standard InChI is InChI=1S/C15H24O/c1-10(2)12-6-7-13-14(16)8-5-11(3)15(13,4)9-12/h7,11-12,14,16H,1,5-6,8-9H2,2-4H3/t11-,12-,14+,15-/m1/s1. The second-order valence-electron chi connectivity index (χ2n) is 6.05. The normalized spacial score (nSPS) is 43.5. The van der Waals surface area contributed by atoms with Crippen LogP contribution < -0.4 is 0 Å². The summed E-state index contributed by atoms with van der Waals surface area (Å²) in [6, 6.07) is 0. The summed E-state index contributed by atoms with van der Waals surface area (Å²) in [5.41, 5.74) is 2.81. The van der Waals surface area contributed by atoms with Crippen molar-refractivity contribution in [3.8, 4) is 0 Å². The monoisotopic (exact) mass is 220 g/mol. The molecule has 0 spiro atoms. The van der Waals surface area contributed by atoms with Gasteiger partial charge in [0.05, 0.1) is 6.10 Å². The SMILES string of the molecule is C=C(C)[C@@H]1CC=C2[C@@H](O)CC[C@@H](C)[C@@]2(C)C1. The lowest BCUT2D eigenvalue weighted by Crippen LogP contribution is -2.42. The number of aliphatic hydroxyl groups is 1. The van der Waals surface area contributed by atoms with Gasteiger partial charge in [0.1, 0.15) is 0 Å². The summed E-state index contributed by atoms with van der Waals surface area (Å²) in [7, 11) is 0. The van der Waals surface area contributed by atoms with Crippen molar-refractivity contribution in [2.24, 2.45) is 17.3 Å². The van der Waals surface area contributed by atoms with Crippen molar-refractivity contribution in [3.05, 3.63) is 23.8 Å². The number of aliphatic hydroxyl groups excluding tert-OH is 1. The number of allylic oxidation sites excluding steroid dienone is 2. The summed E-state index contributed by atoms with van der Waals surface area (Å²) in [6.07, 6.45) is 6.45. The van der Waals surface area contributed by atoms with Gasteiger partial charge >= 0.3 is 0 Å². The maximum atomic E-state index is 10.1. The van der Waals surface area contributed by atoms with E-state index in [9.17, 15) is 5.11 Å². The fourth-order valence-corrected chi connectivity index (χ4v) is 3.48. The average molecular weight is 220 g/mol. The Kier molecular flexibility index (Phi) is 3.00. The summed E-state index contributed by atoms with van der Waals surface area (Å²) in [5.74, 6) is 1.30. The molecule has 0 heterocycles. The summed E-state index contributed by atoms with van der Waals surface area (Å²) in [6.45, 7) is 10.9. The molecule has 2 aliphatic rings. The van der Waals surface area contributed by atoms with E-state index in [1.54, 1.807) is 0 Å². The van der Waals surface area contributed by atoms with E-state index in [1.807, 2.05) is 0 Å². The molecule has 0 saturated heterocycles. The van der Waals surface area contributed by atoms with Crippen molar-refractivity contribution < 1.29 is 5.11 Å². The van der Waals surface area contributed by atoms with Gasteiger partial charge in [-0.05, 0) is 55.4 Å². The molecule has 1 N–H and O–H groups in total. The van der Waals surface area contributed by atoms with Gasteiger partial charge < -0.3 is 5.11 Å². The molecule has 0 unspecified atom stereocenters. The third-order valence-electron chi connectivity index (χ3n) is 4.97. The van der Waals surface area contributed by atoms with Crippen LogP contribution in [-0.4, -0.2) is 11.2 Å². The Bertz CT molecular complexity index is 328. The van der Waals surface area contributed by atoms with Gasteiger partial charge in [0.2, 0.25) is 0 Å². The maximum Gasteiger partial charge on any atom is 0.0755 e. The molecule has 0 amide bonds. The van der Waals surface area contributed by atoms with Gasteiger partial charge in [0, 0.05) is 0 Å². The molecular weight excluding hydrogens is 196 g/mol. The van der Waals surface area contributed by atoms with Gasteiger partial charge in [-0.25, -0.2) is 0 Å². The minimum Gasteiger partial charge on any atom is -0.389 e. The fourth-order valence-electron chi connectivity index (χ4n) is 3.48. The third-order valence-corrected chi connectivity index (χ3v) is 4.97. The van der Waals surface area contributed by atoms with Crippen molar-refractivity contribution >= 4 is 0 Å². The third kappa shape index (κ3) is 1.75. The molecule has 0 aliphatic heterocycles. The van der Waals surface area contributed by atoms with Gasteiger partial charge in [-0.15, -0.1) is 0 Å². The Morgan fingerprint density at radius 1 is 1.50 bits per heavy atom. The van der Waals surface area contributed by atoms with Gasteiger partial charge in [-0.3, -0.25) is 0 Å². The van der Waals surface area contributed by atoms with Crippen LogP contribution in [0.1, 0.15) is 46.5 Å². The molecule has 1 heteroatoms. The van der Waals surface area contributed by atoms with Gasteiger partial charge in [0.25, 0.3) is 0 Å². The Labute approximate surface area is 99.3 Å². The zero-order chi connectivity index (χ0) is 11.9. The summed E-state index contributed by atoms with van der Waals surface area (Å²) >= 11 is 0. The Hall–Kier alpha value is -0.560. The van der Waals surface area contributed by atoms with Crippen LogP contribution in [0, 0.1) is 17.3 Å². The van der Waals surface area contributed by atoms with E-state index in [0.717, 1.165) is 19.3 Å². The van der Waals surface area contributed by atoms with E-state index in [1.165, 1.54) is 17.6 Å². The van der Waals surface area contributed by atoms with Crippen molar-refractivity contribution in [3.63, 3.8) is 0 Å². The molecule has 90 valence electrons. The molecule has 2 rings (SSSR count).